The molecule has 48 heavy (non-hydrogen) atoms. The Balaban J connectivity index is 1.08. The highest BCUT2D eigenvalue weighted by Crippen LogP contribution is 2.24. The van der Waals surface area contributed by atoms with E-state index in [0.29, 0.717) is 91.1 Å². The fourth-order valence-electron chi connectivity index (χ4n) is 4.74. The molecule has 22 aliphatic heterocycles. The van der Waals surface area contributed by atoms with Crippen molar-refractivity contribution in [3.63, 3.8) is 0 Å². The van der Waals surface area contributed by atoms with Crippen LogP contribution in [-0.4, -0.2) is 79.7 Å². The van der Waals surface area contributed by atoms with Crippen LogP contribution in [0.5, 0.6) is 0 Å². The van der Waals surface area contributed by atoms with Gasteiger partial charge >= 0.3 is 0 Å². The average Bonchev–Trinajstić information content (AvgIpc) is 3.18. The Morgan fingerprint density at radius 2 is 0.188 bits per heavy atom. The molecule has 16 bridgehead atoms. The third kappa shape index (κ3) is 5.00. The summed E-state index contributed by atoms with van der Waals surface area (Å²) in [6.07, 6.45) is 25.8. The van der Waals surface area contributed by atoms with Gasteiger partial charge in [-0.25, -0.2) is 0 Å². The van der Waals surface area contributed by atoms with Gasteiger partial charge in [0, 0.05) is 0 Å². The first kappa shape index (κ1) is 27.0. The quantitative estimate of drug-likeness (QED) is 0.236. The monoisotopic (exact) mass is 624 g/mol. The Bertz CT molecular complexity index is 1680. The SMILES string of the molecule is c1nc2cnc1-c1cnc(cn1)-c1cnc(cn1)-c1cnc(cn1)-c1cnc(cn1)-c1cnc(cn1)-c1cnc(cn1)-c1cnc-2cn1. The Hall–Kier alpha value is -7.36. The minimum absolute atomic E-state index is 0.549. The van der Waals surface area contributed by atoms with E-state index in [1.54, 1.807) is 99.1 Å². The van der Waals surface area contributed by atoms with Crippen LogP contribution in [0.1, 0.15) is 0 Å². The molecule has 16 nitrogen and oxygen atoms in total. The van der Waals surface area contributed by atoms with Crippen molar-refractivity contribution >= 4 is 0 Å². The minimum Gasteiger partial charge on any atom is -0.251 e. The van der Waals surface area contributed by atoms with Gasteiger partial charge in [-0.15, -0.1) is 0 Å². The number of hydrogen-bond donors (Lipinski definition) is 0. The van der Waals surface area contributed by atoms with E-state index in [9.17, 15) is 0 Å². The van der Waals surface area contributed by atoms with Crippen molar-refractivity contribution in [3.05, 3.63) is 99.1 Å². The smallest absolute Gasteiger partial charge is 0.109 e. The molecular formula is C32H16N16. The lowest BCUT2D eigenvalue weighted by Gasteiger charge is -2.06. The molecule has 22 aliphatic rings. The van der Waals surface area contributed by atoms with Crippen molar-refractivity contribution in [3.8, 4) is 91.1 Å². The molecule has 0 atom stereocenters. The maximum atomic E-state index is 4.51. The Morgan fingerprint density at radius 1 is 0.125 bits per heavy atom. The van der Waals surface area contributed by atoms with Gasteiger partial charge in [0.1, 0.15) is 91.1 Å². The van der Waals surface area contributed by atoms with E-state index in [2.05, 4.69) is 79.7 Å². The summed E-state index contributed by atoms with van der Waals surface area (Å²) in [5.74, 6) is 0. The van der Waals surface area contributed by atoms with Crippen LogP contribution in [0.3, 0.4) is 0 Å². The Morgan fingerprint density at radius 3 is 0.229 bits per heavy atom. The van der Waals surface area contributed by atoms with Crippen molar-refractivity contribution in [1.29, 1.82) is 0 Å². The predicted octanol–water partition coefficient (Wildman–Crippen LogP) is 3.66. The van der Waals surface area contributed by atoms with Gasteiger partial charge in [-0.3, -0.25) is 79.7 Å². The third-order valence-electron chi connectivity index (χ3n) is 7.31. The summed E-state index contributed by atoms with van der Waals surface area (Å²) in [6.45, 7) is 0. The van der Waals surface area contributed by atoms with Crippen molar-refractivity contribution in [2.24, 2.45) is 0 Å². The predicted molar refractivity (Wildman–Crippen MR) is 168 cm³/mol. The molecule has 30 rings (SSSR count). The van der Waals surface area contributed by atoms with E-state index in [1.807, 2.05) is 0 Å². The third-order valence-corrected chi connectivity index (χ3v) is 7.31. The summed E-state index contributed by atoms with van der Waals surface area (Å²) >= 11 is 0. The van der Waals surface area contributed by atoms with Crippen LogP contribution in [0.15, 0.2) is 99.1 Å². The number of aromatic nitrogens is 16. The topological polar surface area (TPSA) is 206 Å². The molecule has 0 aromatic carbocycles. The zero-order valence-corrected chi connectivity index (χ0v) is 24.4. The van der Waals surface area contributed by atoms with Crippen molar-refractivity contribution in [2.75, 3.05) is 0 Å². The summed E-state index contributed by atoms with van der Waals surface area (Å²) in [7, 11) is 0. The molecule has 16 heteroatoms. The molecule has 0 aliphatic carbocycles. The van der Waals surface area contributed by atoms with Gasteiger partial charge in [0.2, 0.25) is 0 Å². The van der Waals surface area contributed by atoms with Crippen molar-refractivity contribution in [2.45, 2.75) is 0 Å². The molecule has 0 saturated heterocycles. The molecule has 0 fully saturated rings. The summed E-state index contributed by atoms with van der Waals surface area (Å²) in [5, 5.41) is 0. The summed E-state index contributed by atoms with van der Waals surface area (Å²) in [5.41, 5.74) is 8.79. The second kappa shape index (κ2) is 11.2. The molecule has 0 saturated carbocycles. The lowest BCUT2D eigenvalue weighted by atomic mass is 10.2. The highest BCUT2D eigenvalue weighted by molar-refractivity contribution is 5.64. The molecular weight excluding hydrogens is 608 g/mol. The van der Waals surface area contributed by atoms with Crippen LogP contribution in [0.25, 0.3) is 91.1 Å². The Kier molecular flexibility index (Phi) is 6.31. The van der Waals surface area contributed by atoms with E-state index in [4.69, 9.17) is 0 Å². The summed E-state index contributed by atoms with van der Waals surface area (Å²) < 4.78 is 0. The number of nitrogens with zero attached hydrogens (tertiary/aromatic N) is 16. The highest BCUT2D eigenvalue weighted by atomic mass is 14.9. The zero-order valence-electron chi connectivity index (χ0n) is 24.4. The first-order valence-corrected chi connectivity index (χ1v) is 14.3. The van der Waals surface area contributed by atoms with Gasteiger partial charge in [0.15, 0.2) is 0 Å². The second-order valence-corrected chi connectivity index (χ2v) is 10.3. The number of rotatable bonds is 0. The van der Waals surface area contributed by atoms with E-state index < -0.39 is 0 Å². The molecule has 0 unspecified atom stereocenters. The Labute approximate surface area is 269 Å². The minimum atomic E-state index is 0.549. The van der Waals surface area contributed by atoms with Crippen LogP contribution in [0.2, 0.25) is 0 Å². The first-order chi connectivity index (χ1) is 23.7. The lowest BCUT2D eigenvalue weighted by Crippen LogP contribution is -1.98. The highest BCUT2D eigenvalue weighted by Gasteiger charge is 2.13. The summed E-state index contributed by atoms with van der Waals surface area (Å²) in [4.78, 5) is 72.1. The van der Waals surface area contributed by atoms with Crippen LogP contribution < -0.4 is 0 Å². The molecule has 224 valence electrons. The maximum absolute atomic E-state index is 4.51. The van der Waals surface area contributed by atoms with E-state index in [-0.39, 0.29) is 0 Å². The van der Waals surface area contributed by atoms with Gasteiger partial charge in [0.25, 0.3) is 0 Å². The van der Waals surface area contributed by atoms with Gasteiger partial charge in [-0.2, -0.15) is 0 Å². The van der Waals surface area contributed by atoms with E-state index >= 15 is 0 Å². The van der Waals surface area contributed by atoms with Gasteiger partial charge in [-0.1, -0.05) is 0 Å². The molecule has 0 N–H and O–H groups in total. The van der Waals surface area contributed by atoms with Crippen LogP contribution in [0, 0.1) is 0 Å². The molecule has 0 radical (unpaired) electrons. The van der Waals surface area contributed by atoms with Crippen molar-refractivity contribution in [1.82, 2.24) is 79.7 Å². The molecule has 0 spiro atoms. The maximum Gasteiger partial charge on any atom is 0.109 e. The van der Waals surface area contributed by atoms with Gasteiger partial charge in [-0.05, 0) is 0 Å². The number of hydrogen-bond acceptors (Lipinski definition) is 16. The largest absolute Gasteiger partial charge is 0.251 e. The normalized spacial score (nSPS) is 11.3. The molecule has 30 heterocycles. The van der Waals surface area contributed by atoms with Gasteiger partial charge in [0.05, 0.1) is 99.1 Å². The van der Waals surface area contributed by atoms with E-state index in [1.165, 1.54) is 0 Å². The van der Waals surface area contributed by atoms with Crippen LogP contribution >= 0.6 is 0 Å². The van der Waals surface area contributed by atoms with Crippen LogP contribution in [0.4, 0.5) is 0 Å². The van der Waals surface area contributed by atoms with Gasteiger partial charge < -0.3 is 0 Å². The first-order valence-electron chi connectivity index (χ1n) is 14.3. The van der Waals surface area contributed by atoms with Crippen molar-refractivity contribution < 1.29 is 0 Å². The lowest BCUT2D eigenvalue weighted by molar-refractivity contribution is 1.09. The van der Waals surface area contributed by atoms with E-state index in [0.717, 1.165) is 0 Å². The molecule has 8 aromatic heterocycles. The molecule has 0 amide bonds. The standard InChI is InChI=1S/C32H16N16/c1-17-18-2-36-21(5-35-18)23-7-40-25(9-39-23)27-11-44-29(13-43-27)31-15-48-32(16-47-31)30-14-45-28(12-46-30)26-10-41-24(8-42-26)22-6-37-20(4-38-22)19(33-1)3-34-17/h1-16H. The molecule has 8 aromatic rings. The zero-order chi connectivity index (χ0) is 31.9. The fourth-order valence-corrected chi connectivity index (χ4v) is 4.74. The summed E-state index contributed by atoms with van der Waals surface area (Å²) in [6, 6.07) is 0. The average molecular weight is 625 g/mol. The second-order valence-electron chi connectivity index (χ2n) is 10.3. The van der Waals surface area contributed by atoms with Crippen LogP contribution in [-0.2, 0) is 0 Å². The fraction of sp³-hybridized carbons (Fsp3) is 0.